The van der Waals surface area contributed by atoms with Gasteiger partial charge in [0.05, 0.1) is 11.5 Å². The van der Waals surface area contributed by atoms with Gasteiger partial charge in [0, 0.05) is 12.6 Å². The lowest BCUT2D eigenvalue weighted by molar-refractivity contribution is 0.498. The lowest BCUT2D eigenvalue weighted by atomic mass is 10.1. The van der Waals surface area contributed by atoms with Gasteiger partial charge in [-0.1, -0.05) is 46.0 Å². The predicted octanol–water partition coefficient (Wildman–Crippen LogP) is 3.15. The third-order valence-corrected chi connectivity index (χ3v) is 4.94. The molecule has 0 aliphatic carbocycles. The van der Waals surface area contributed by atoms with E-state index in [9.17, 15) is 8.42 Å². The molecule has 0 aliphatic heterocycles. The Hall–Kier alpha value is -0.0900. The van der Waals surface area contributed by atoms with E-state index in [0.29, 0.717) is 18.3 Å². The predicted molar refractivity (Wildman–Crippen MR) is 79.8 cm³/mol. The molecule has 0 fully saturated rings. The molecule has 0 heterocycles. The van der Waals surface area contributed by atoms with Crippen LogP contribution < -0.4 is 5.32 Å². The van der Waals surface area contributed by atoms with E-state index in [1.54, 1.807) is 0 Å². The minimum Gasteiger partial charge on any atom is -0.313 e. The van der Waals surface area contributed by atoms with Crippen LogP contribution in [-0.4, -0.2) is 32.5 Å². The fourth-order valence-corrected chi connectivity index (χ4v) is 3.21. The van der Waals surface area contributed by atoms with Gasteiger partial charge in [-0.15, -0.1) is 0 Å². The summed E-state index contributed by atoms with van der Waals surface area (Å²) in [6.45, 7) is 7.02. The molecule has 110 valence electrons. The lowest BCUT2D eigenvalue weighted by Crippen LogP contribution is -2.31. The number of unbranched alkanes of at least 4 members (excludes halogenated alkanes) is 4. The van der Waals surface area contributed by atoms with E-state index in [2.05, 4.69) is 26.1 Å². The molecule has 0 saturated carbocycles. The maximum atomic E-state index is 11.7. The third kappa shape index (κ3) is 11.0. The van der Waals surface area contributed by atoms with E-state index in [-0.39, 0.29) is 5.75 Å². The zero-order valence-electron chi connectivity index (χ0n) is 12.4. The van der Waals surface area contributed by atoms with Crippen LogP contribution in [-0.2, 0) is 9.84 Å². The number of rotatable bonds is 12. The average molecular weight is 277 g/mol. The zero-order chi connectivity index (χ0) is 13.9. The van der Waals surface area contributed by atoms with Gasteiger partial charge < -0.3 is 5.32 Å². The van der Waals surface area contributed by atoms with Crippen molar-refractivity contribution in [3.63, 3.8) is 0 Å². The van der Waals surface area contributed by atoms with Crippen molar-refractivity contribution in [1.29, 1.82) is 0 Å². The van der Waals surface area contributed by atoms with Crippen molar-refractivity contribution in [3.05, 3.63) is 0 Å². The molecule has 0 rings (SSSR count). The Bertz CT molecular complexity index is 276. The Kier molecular flexibility index (Phi) is 10.7. The number of sulfone groups is 1. The smallest absolute Gasteiger partial charge is 0.151 e. The molecule has 0 aromatic rings. The molecule has 0 spiro atoms. The second-order valence-electron chi connectivity index (χ2n) is 5.21. The van der Waals surface area contributed by atoms with Crippen LogP contribution in [0.4, 0.5) is 0 Å². The fraction of sp³-hybridized carbons (Fsp3) is 1.00. The molecule has 18 heavy (non-hydrogen) atoms. The minimum atomic E-state index is -2.84. The normalized spacial score (nSPS) is 13.7. The Balaban J connectivity index is 3.62. The highest BCUT2D eigenvalue weighted by Crippen LogP contribution is 2.03. The Morgan fingerprint density at radius 3 is 2.17 bits per heavy atom. The summed E-state index contributed by atoms with van der Waals surface area (Å²) in [4.78, 5) is 0. The van der Waals surface area contributed by atoms with Crippen molar-refractivity contribution in [2.45, 2.75) is 71.8 Å². The van der Waals surface area contributed by atoms with Crippen molar-refractivity contribution in [2.24, 2.45) is 0 Å². The first-order valence-corrected chi connectivity index (χ1v) is 9.27. The average Bonchev–Trinajstić information content (AvgIpc) is 2.29. The molecule has 1 N–H and O–H groups in total. The highest BCUT2D eigenvalue weighted by molar-refractivity contribution is 7.91. The van der Waals surface area contributed by atoms with Crippen molar-refractivity contribution in [1.82, 2.24) is 5.32 Å². The standard InChI is InChI=1S/C14H31NO2S/c1-4-6-8-10-14(3)15-11-13-18(16,17)12-9-7-5-2/h14-15H,4-13H2,1-3H3. The van der Waals surface area contributed by atoms with E-state index < -0.39 is 9.84 Å². The van der Waals surface area contributed by atoms with E-state index in [0.717, 1.165) is 25.7 Å². The molecular weight excluding hydrogens is 246 g/mol. The summed E-state index contributed by atoms with van der Waals surface area (Å²) in [5.41, 5.74) is 0. The van der Waals surface area contributed by atoms with Crippen LogP contribution in [0, 0.1) is 0 Å². The molecule has 0 aromatic carbocycles. The molecule has 0 bridgehead atoms. The molecule has 4 heteroatoms. The quantitative estimate of drug-likeness (QED) is 0.557. The van der Waals surface area contributed by atoms with E-state index in [4.69, 9.17) is 0 Å². The SMILES string of the molecule is CCCCCC(C)NCCS(=O)(=O)CCCCC. The van der Waals surface area contributed by atoms with Gasteiger partial charge in [-0.25, -0.2) is 8.42 Å². The van der Waals surface area contributed by atoms with Crippen LogP contribution >= 0.6 is 0 Å². The van der Waals surface area contributed by atoms with Crippen molar-refractivity contribution < 1.29 is 8.42 Å². The summed E-state index contributed by atoms with van der Waals surface area (Å²) in [6.07, 6.45) is 7.77. The zero-order valence-corrected chi connectivity index (χ0v) is 13.2. The van der Waals surface area contributed by atoms with Crippen LogP contribution in [0.15, 0.2) is 0 Å². The Labute approximate surface area is 114 Å². The summed E-state index contributed by atoms with van der Waals surface area (Å²) in [7, 11) is -2.84. The Morgan fingerprint density at radius 1 is 0.944 bits per heavy atom. The molecule has 0 radical (unpaired) electrons. The lowest BCUT2D eigenvalue weighted by Gasteiger charge is -2.13. The maximum Gasteiger partial charge on any atom is 0.151 e. The molecule has 0 saturated heterocycles. The first kappa shape index (κ1) is 17.9. The summed E-state index contributed by atoms with van der Waals surface area (Å²) in [5.74, 6) is 0.640. The van der Waals surface area contributed by atoms with Crippen LogP contribution in [0.5, 0.6) is 0 Å². The summed E-state index contributed by atoms with van der Waals surface area (Å²) >= 11 is 0. The first-order chi connectivity index (χ1) is 8.52. The number of hydrogen-bond donors (Lipinski definition) is 1. The topological polar surface area (TPSA) is 46.2 Å². The molecule has 3 nitrogen and oxygen atoms in total. The second kappa shape index (κ2) is 10.8. The fourth-order valence-electron chi connectivity index (χ4n) is 1.94. The van der Waals surface area contributed by atoms with Crippen LogP contribution in [0.3, 0.4) is 0 Å². The second-order valence-corrected chi connectivity index (χ2v) is 7.51. The van der Waals surface area contributed by atoms with Gasteiger partial charge in [0.15, 0.2) is 9.84 Å². The van der Waals surface area contributed by atoms with Gasteiger partial charge in [-0.3, -0.25) is 0 Å². The summed E-state index contributed by atoms with van der Waals surface area (Å²) < 4.78 is 23.4. The first-order valence-electron chi connectivity index (χ1n) is 7.45. The molecular formula is C14H31NO2S. The van der Waals surface area contributed by atoms with E-state index >= 15 is 0 Å². The molecule has 1 unspecified atom stereocenters. The highest BCUT2D eigenvalue weighted by atomic mass is 32.2. The molecule has 1 atom stereocenters. The largest absolute Gasteiger partial charge is 0.313 e. The molecule has 0 amide bonds. The van der Waals surface area contributed by atoms with Gasteiger partial charge in [0.2, 0.25) is 0 Å². The highest BCUT2D eigenvalue weighted by Gasteiger charge is 2.10. The maximum absolute atomic E-state index is 11.7. The van der Waals surface area contributed by atoms with Crippen LogP contribution in [0.25, 0.3) is 0 Å². The van der Waals surface area contributed by atoms with Crippen LogP contribution in [0.1, 0.15) is 65.7 Å². The molecule has 0 aliphatic rings. The number of hydrogen-bond acceptors (Lipinski definition) is 3. The van der Waals surface area contributed by atoms with Gasteiger partial charge in [-0.05, 0) is 19.8 Å². The monoisotopic (exact) mass is 277 g/mol. The molecule has 0 aromatic heterocycles. The summed E-state index contributed by atoms with van der Waals surface area (Å²) in [6, 6.07) is 0.433. The van der Waals surface area contributed by atoms with Crippen molar-refractivity contribution in [3.8, 4) is 0 Å². The van der Waals surface area contributed by atoms with E-state index in [1.807, 2.05) is 0 Å². The Morgan fingerprint density at radius 2 is 1.56 bits per heavy atom. The van der Waals surface area contributed by atoms with E-state index in [1.165, 1.54) is 19.3 Å². The van der Waals surface area contributed by atoms with Gasteiger partial charge >= 0.3 is 0 Å². The van der Waals surface area contributed by atoms with Crippen molar-refractivity contribution in [2.75, 3.05) is 18.1 Å². The summed E-state index contributed by atoms with van der Waals surface area (Å²) in [5, 5.41) is 3.31. The van der Waals surface area contributed by atoms with Crippen LogP contribution in [0.2, 0.25) is 0 Å². The minimum absolute atomic E-state index is 0.287. The van der Waals surface area contributed by atoms with Gasteiger partial charge in [0.1, 0.15) is 0 Å². The third-order valence-electron chi connectivity index (χ3n) is 3.21. The van der Waals surface area contributed by atoms with Gasteiger partial charge in [-0.2, -0.15) is 0 Å². The number of nitrogens with one attached hydrogen (secondary N) is 1. The van der Waals surface area contributed by atoms with Crippen molar-refractivity contribution >= 4 is 9.84 Å². The van der Waals surface area contributed by atoms with Gasteiger partial charge in [0.25, 0.3) is 0 Å².